The molecule has 1 aromatic rings. The molecule has 0 aliphatic rings. The van der Waals surface area contributed by atoms with Crippen LogP contribution in [0.2, 0.25) is 0 Å². The fraction of sp³-hybridized carbons (Fsp3) is 0.500. The van der Waals surface area contributed by atoms with Crippen molar-refractivity contribution in [2.45, 2.75) is 25.8 Å². The van der Waals surface area contributed by atoms with E-state index in [0.717, 1.165) is 6.42 Å². The molecule has 1 unspecified atom stereocenters. The molecule has 5 heteroatoms. The SMILES string of the molecule is CC(CCCO)NC(=O)c1ccc(Br)o1. The Hall–Kier alpha value is -0.810. The van der Waals surface area contributed by atoms with Crippen LogP contribution in [0.5, 0.6) is 0 Å². The molecule has 1 atom stereocenters. The van der Waals surface area contributed by atoms with Gasteiger partial charge in [-0.15, -0.1) is 0 Å². The number of rotatable bonds is 5. The van der Waals surface area contributed by atoms with E-state index in [4.69, 9.17) is 9.52 Å². The fourth-order valence-corrected chi connectivity index (χ4v) is 1.51. The third kappa shape index (κ3) is 4.05. The van der Waals surface area contributed by atoms with Gasteiger partial charge in [-0.3, -0.25) is 4.79 Å². The molecular weight excluding hydrogens is 262 g/mol. The molecule has 0 spiro atoms. The van der Waals surface area contributed by atoms with Crippen molar-refractivity contribution in [2.24, 2.45) is 0 Å². The molecule has 1 aromatic heterocycles. The molecule has 84 valence electrons. The van der Waals surface area contributed by atoms with Crippen molar-refractivity contribution >= 4 is 21.8 Å². The van der Waals surface area contributed by atoms with Crippen LogP contribution >= 0.6 is 15.9 Å². The van der Waals surface area contributed by atoms with Crippen LogP contribution < -0.4 is 5.32 Å². The summed E-state index contributed by atoms with van der Waals surface area (Å²) >= 11 is 3.13. The van der Waals surface area contributed by atoms with Gasteiger partial charge in [0.1, 0.15) is 0 Å². The molecule has 0 aliphatic heterocycles. The first-order valence-electron chi connectivity index (χ1n) is 4.80. The van der Waals surface area contributed by atoms with Crippen LogP contribution in [0.25, 0.3) is 0 Å². The first-order valence-corrected chi connectivity index (χ1v) is 5.60. The number of nitrogens with one attached hydrogen (secondary N) is 1. The molecule has 0 bridgehead atoms. The van der Waals surface area contributed by atoms with E-state index in [0.29, 0.717) is 11.1 Å². The molecular formula is C10H14BrNO3. The number of halogens is 1. The number of aliphatic hydroxyl groups excluding tert-OH is 1. The predicted octanol–water partition coefficient (Wildman–Crippen LogP) is 1.93. The summed E-state index contributed by atoms with van der Waals surface area (Å²) in [6, 6.07) is 3.32. The second-order valence-corrected chi connectivity index (χ2v) is 4.13. The van der Waals surface area contributed by atoms with Crippen molar-refractivity contribution in [3.05, 3.63) is 22.6 Å². The number of furan rings is 1. The van der Waals surface area contributed by atoms with Gasteiger partial charge in [0.15, 0.2) is 10.4 Å². The molecule has 15 heavy (non-hydrogen) atoms. The third-order valence-electron chi connectivity index (χ3n) is 1.97. The smallest absolute Gasteiger partial charge is 0.287 e. The standard InChI is InChI=1S/C10H14BrNO3/c1-7(3-2-6-13)12-10(14)8-4-5-9(11)15-8/h4-5,7,13H,2-3,6H2,1H3,(H,12,14). The Labute approximate surface area is 96.8 Å². The highest BCUT2D eigenvalue weighted by Gasteiger charge is 2.12. The van der Waals surface area contributed by atoms with E-state index >= 15 is 0 Å². The summed E-state index contributed by atoms with van der Waals surface area (Å²) < 4.78 is 5.64. The normalized spacial score (nSPS) is 12.5. The van der Waals surface area contributed by atoms with Crippen LogP contribution in [0.15, 0.2) is 21.2 Å². The number of aliphatic hydroxyl groups is 1. The molecule has 0 radical (unpaired) electrons. The van der Waals surface area contributed by atoms with Crippen LogP contribution in [0, 0.1) is 0 Å². The van der Waals surface area contributed by atoms with E-state index in [1.807, 2.05) is 6.92 Å². The van der Waals surface area contributed by atoms with Crippen molar-refractivity contribution in [3.63, 3.8) is 0 Å². The quantitative estimate of drug-likeness (QED) is 0.863. The van der Waals surface area contributed by atoms with E-state index in [1.165, 1.54) is 0 Å². The minimum absolute atomic E-state index is 0.0357. The van der Waals surface area contributed by atoms with E-state index in [9.17, 15) is 4.79 Å². The minimum atomic E-state index is -0.230. The first-order chi connectivity index (χ1) is 7.13. The lowest BCUT2D eigenvalue weighted by Crippen LogP contribution is -2.32. The average molecular weight is 276 g/mol. The van der Waals surface area contributed by atoms with E-state index < -0.39 is 0 Å². The molecule has 2 N–H and O–H groups in total. The zero-order valence-corrected chi connectivity index (χ0v) is 10.1. The molecule has 0 saturated heterocycles. The van der Waals surface area contributed by atoms with Gasteiger partial charge in [-0.1, -0.05) is 0 Å². The lowest BCUT2D eigenvalue weighted by molar-refractivity contribution is 0.0907. The van der Waals surface area contributed by atoms with Crippen molar-refractivity contribution in [3.8, 4) is 0 Å². The lowest BCUT2D eigenvalue weighted by atomic mass is 10.2. The molecule has 0 aromatic carbocycles. The maximum atomic E-state index is 11.5. The Kier molecular flexibility index (Phi) is 4.84. The second kappa shape index (κ2) is 5.92. The largest absolute Gasteiger partial charge is 0.444 e. The number of carbonyl (C=O) groups excluding carboxylic acids is 1. The zero-order chi connectivity index (χ0) is 11.3. The van der Waals surface area contributed by atoms with Crippen LogP contribution in [-0.2, 0) is 0 Å². The van der Waals surface area contributed by atoms with E-state index in [-0.39, 0.29) is 24.3 Å². The Morgan fingerprint density at radius 3 is 2.93 bits per heavy atom. The van der Waals surface area contributed by atoms with Gasteiger partial charge in [0.2, 0.25) is 0 Å². The molecule has 1 rings (SSSR count). The van der Waals surface area contributed by atoms with Gasteiger partial charge >= 0.3 is 0 Å². The second-order valence-electron chi connectivity index (χ2n) is 3.34. The van der Waals surface area contributed by atoms with Crippen LogP contribution in [0.1, 0.15) is 30.3 Å². The van der Waals surface area contributed by atoms with Gasteiger partial charge in [0, 0.05) is 12.6 Å². The topological polar surface area (TPSA) is 62.5 Å². The van der Waals surface area contributed by atoms with Crippen LogP contribution in [0.3, 0.4) is 0 Å². The van der Waals surface area contributed by atoms with Crippen molar-refractivity contribution in [1.29, 1.82) is 0 Å². The van der Waals surface area contributed by atoms with Crippen molar-refractivity contribution in [1.82, 2.24) is 5.32 Å². The van der Waals surface area contributed by atoms with Gasteiger partial charge in [0.25, 0.3) is 5.91 Å². The Morgan fingerprint density at radius 2 is 2.40 bits per heavy atom. The van der Waals surface area contributed by atoms with Crippen LogP contribution in [-0.4, -0.2) is 23.7 Å². The van der Waals surface area contributed by atoms with E-state index in [1.54, 1.807) is 12.1 Å². The Morgan fingerprint density at radius 1 is 1.67 bits per heavy atom. The van der Waals surface area contributed by atoms with Gasteiger partial charge in [-0.2, -0.15) is 0 Å². The average Bonchev–Trinajstić information content (AvgIpc) is 2.61. The summed E-state index contributed by atoms with van der Waals surface area (Å²) in [6.45, 7) is 2.04. The highest BCUT2D eigenvalue weighted by molar-refractivity contribution is 9.10. The number of hydrogen-bond donors (Lipinski definition) is 2. The molecule has 0 fully saturated rings. The predicted molar refractivity (Wildman–Crippen MR) is 59.7 cm³/mol. The maximum Gasteiger partial charge on any atom is 0.287 e. The summed E-state index contributed by atoms with van der Waals surface area (Å²) in [7, 11) is 0. The molecule has 4 nitrogen and oxygen atoms in total. The monoisotopic (exact) mass is 275 g/mol. The summed E-state index contributed by atoms with van der Waals surface area (Å²) in [5.74, 6) is 0.0591. The Bertz CT molecular complexity index is 324. The number of hydrogen-bond acceptors (Lipinski definition) is 3. The summed E-state index contributed by atoms with van der Waals surface area (Å²) in [4.78, 5) is 11.5. The third-order valence-corrected chi connectivity index (χ3v) is 2.40. The zero-order valence-electron chi connectivity index (χ0n) is 8.50. The minimum Gasteiger partial charge on any atom is -0.444 e. The molecule has 1 amide bonds. The molecule has 1 heterocycles. The molecule has 0 aliphatic carbocycles. The van der Waals surface area contributed by atoms with E-state index in [2.05, 4.69) is 21.2 Å². The molecule has 0 saturated carbocycles. The first kappa shape index (κ1) is 12.3. The highest BCUT2D eigenvalue weighted by Crippen LogP contribution is 2.14. The van der Waals surface area contributed by atoms with Gasteiger partial charge in [-0.05, 0) is 47.8 Å². The van der Waals surface area contributed by atoms with Gasteiger partial charge < -0.3 is 14.8 Å². The van der Waals surface area contributed by atoms with Crippen molar-refractivity contribution in [2.75, 3.05) is 6.61 Å². The maximum absolute atomic E-state index is 11.5. The van der Waals surface area contributed by atoms with Crippen molar-refractivity contribution < 1.29 is 14.3 Å². The Balaban J connectivity index is 2.42. The fourth-order valence-electron chi connectivity index (χ4n) is 1.20. The lowest BCUT2D eigenvalue weighted by Gasteiger charge is -2.11. The number of amides is 1. The van der Waals surface area contributed by atoms with Gasteiger partial charge in [-0.25, -0.2) is 0 Å². The highest BCUT2D eigenvalue weighted by atomic mass is 79.9. The van der Waals surface area contributed by atoms with Gasteiger partial charge in [0.05, 0.1) is 0 Å². The number of carbonyl (C=O) groups is 1. The summed E-state index contributed by atoms with van der Waals surface area (Å²) in [6.07, 6.45) is 1.44. The summed E-state index contributed by atoms with van der Waals surface area (Å²) in [5.41, 5.74) is 0. The summed E-state index contributed by atoms with van der Waals surface area (Å²) in [5, 5.41) is 11.4. The van der Waals surface area contributed by atoms with Crippen LogP contribution in [0.4, 0.5) is 0 Å².